The Morgan fingerprint density at radius 2 is 2.08 bits per heavy atom. The van der Waals surface area contributed by atoms with Gasteiger partial charge in [0.05, 0.1) is 6.54 Å². The largest absolute Gasteiger partial charge is 0.401 e. The quantitative estimate of drug-likeness (QED) is 0.575. The maximum Gasteiger partial charge on any atom is 0.401 e. The molecule has 1 saturated heterocycles. The van der Waals surface area contributed by atoms with E-state index in [4.69, 9.17) is 0 Å². The Hall–Kier alpha value is -0.510. The Labute approximate surface area is 75.2 Å². The Morgan fingerprint density at radius 1 is 1.31 bits per heavy atom. The van der Waals surface area contributed by atoms with Crippen LogP contribution >= 0.6 is 0 Å². The zero-order chi connectivity index (χ0) is 9.47. The van der Waals surface area contributed by atoms with Gasteiger partial charge in [-0.15, -0.1) is 0 Å². The van der Waals surface area contributed by atoms with Crippen molar-refractivity contribution >= 4 is 0 Å². The van der Waals surface area contributed by atoms with E-state index in [1.54, 1.807) is 4.90 Å². The molecule has 1 nitrogen and oxygen atoms in total. The first-order valence-corrected chi connectivity index (χ1v) is 4.55. The molecule has 4 heteroatoms. The number of halogens is 3. The zero-order valence-electron chi connectivity index (χ0n) is 7.22. The Morgan fingerprint density at radius 3 is 2.69 bits per heavy atom. The molecule has 74 valence electrons. The van der Waals surface area contributed by atoms with E-state index in [1.165, 1.54) is 0 Å². The standard InChI is InChI=1S/C9H12F3N/c10-9(11,12)6-13-7-2-1-3-8(13)5-4-7/h1-2,7-8H,3-6H2. The first-order valence-electron chi connectivity index (χ1n) is 4.55. The summed E-state index contributed by atoms with van der Waals surface area (Å²) in [6, 6.07) is 0.178. The fraction of sp³-hybridized carbons (Fsp3) is 0.778. The van der Waals surface area contributed by atoms with Crippen molar-refractivity contribution in [1.82, 2.24) is 4.90 Å². The third kappa shape index (κ3) is 1.88. The average molecular weight is 191 g/mol. The van der Waals surface area contributed by atoms with Crippen LogP contribution in [0.5, 0.6) is 0 Å². The molecule has 0 radical (unpaired) electrons. The van der Waals surface area contributed by atoms with Gasteiger partial charge in [0, 0.05) is 12.1 Å². The SMILES string of the molecule is FC(F)(F)CN1C2C=CCC1CC2. The third-order valence-corrected chi connectivity index (χ3v) is 2.82. The van der Waals surface area contributed by atoms with Gasteiger partial charge < -0.3 is 0 Å². The van der Waals surface area contributed by atoms with Gasteiger partial charge in [0.25, 0.3) is 0 Å². The van der Waals surface area contributed by atoms with Crippen molar-refractivity contribution in [3.8, 4) is 0 Å². The van der Waals surface area contributed by atoms with Crippen molar-refractivity contribution in [2.45, 2.75) is 37.5 Å². The molecule has 2 unspecified atom stereocenters. The predicted molar refractivity (Wildman–Crippen MR) is 43.3 cm³/mol. The van der Waals surface area contributed by atoms with E-state index in [-0.39, 0.29) is 12.1 Å². The lowest BCUT2D eigenvalue weighted by atomic mass is 10.1. The minimum Gasteiger partial charge on any atom is -0.285 e. The molecule has 0 saturated carbocycles. The van der Waals surface area contributed by atoms with E-state index in [0.29, 0.717) is 0 Å². The van der Waals surface area contributed by atoms with Crippen LogP contribution in [0.3, 0.4) is 0 Å². The summed E-state index contributed by atoms with van der Waals surface area (Å²) in [5.74, 6) is 0. The van der Waals surface area contributed by atoms with Gasteiger partial charge in [0.2, 0.25) is 0 Å². The summed E-state index contributed by atoms with van der Waals surface area (Å²) in [4.78, 5) is 1.58. The third-order valence-electron chi connectivity index (χ3n) is 2.82. The van der Waals surface area contributed by atoms with Gasteiger partial charge in [0.15, 0.2) is 0 Å². The maximum absolute atomic E-state index is 12.1. The van der Waals surface area contributed by atoms with Gasteiger partial charge in [-0.2, -0.15) is 13.2 Å². The topological polar surface area (TPSA) is 3.24 Å². The van der Waals surface area contributed by atoms with Gasteiger partial charge in [-0.05, 0) is 19.3 Å². The summed E-state index contributed by atoms with van der Waals surface area (Å²) in [6.45, 7) is -0.743. The van der Waals surface area contributed by atoms with Crippen LogP contribution in [-0.4, -0.2) is 29.7 Å². The molecule has 2 rings (SSSR count). The van der Waals surface area contributed by atoms with Crippen LogP contribution in [0.25, 0.3) is 0 Å². The molecule has 0 amide bonds. The molecule has 2 aliphatic heterocycles. The summed E-state index contributed by atoms with van der Waals surface area (Å²) in [7, 11) is 0. The van der Waals surface area contributed by atoms with Crippen molar-refractivity contribution in [2.75, 3.05) is 6.54 Å². The highest BCUT2D eigenvalue weighted by molar-refractivity contribution is 5.08. The van der Waals surface area contributed by atoms with Crippen LogP contribution in [0.4, 0.5) is 13.2 Å². The number of hydrogen-bond acceptors (Lipinski definition) is 1. The molecular weight excluding hydrogens is 179 g/mol. The Bertz CT molecular complexity index is 221. The van der Waals surface area contributed by atoms with Crippen molar-refractivity contribution < 1.29 is 13.2 Å². The molecular formula is C9H12F3N. The highest BCUT2D eigenvalue weighted by atomic mass is 19.4. The van der Waals surface area contributed by atoms with Gasteiger partial charge in [-0.25, -0.2) is 0 Å². The van der Waals surface area contributed by atoms with E-state index < -0.39 is 12.7 Å². The lowest BCUT2D eigenvalue weighted by Gasteiger charge is -2.31. The molecule has 0 spiro atoms. The van der Waals surface area contributed by atoms with Gasteiger partial charge in [-0.1, -0.05) is 12.2 Å². The lowest BCUT2D eigenvalue weighted by molar-refractivity contribution is -0.150. The lowest BCUT2D eigenvalue weighted by Crippen LogP contribution is -2.43. The smallest absolute Gasteiger partial charge is 0.285 e. The molecule has 2 atom stereocenters. The molecule has 2 bridgehead atoms. The fourth-order valence-corrected chi connectivity index (χ4v) is 2.27. The van der Waals surface area contributed by atoms with Gasteiger partial charge in [0.1, 0.15) is 0 Å². The second kappa shape index (κ2) is 3.01. The summed E-state index contributed by atoms with van der Waals surface area (Å²) >= 11 is 0. The van der Waals surface area contributed by atoms with E-state index in [0.717, 1.165) is 19.3 Å². The molecule has 0 aromatic carbocycles. The van der Waals surface area contributed by atoms with Crippen molar-refractivity contribution in [2.24, 2.45) is 0 Å². The highest BCUT2D eigenvalue weighted by Crippen LogP contribution is 2.33. The normalized spacial score (nSPS) is 34.1. The summed E-state index contributed by atoms with van der Waals surface area (Å²) in [5, 5.41) is 0. The Kier molecular flexibility index (Phi) is 2.10. The summed E-state index contributed by atoms with van der Waals surface area (Å²) in [5.41, 5.74) is 0. The van der Waals surface area contributed by atoms with Gasteiger partial charge >= 0.3 is 6.18 Å². The second-order valence-electron chi connectivity index (χ2n) is 3.75. The summed E-state index contributed by atoms with van der Waals surface area (Å²) < 4.78 is 36.4. The highest BCUT2D eigenvalue weighted by Gasteiger charge is 2.40. The number of rotatable bonds is 1. The van der Waals surface area contributed by atoms with Gasteiger partial charge in [-0.3, -0.25) is 4.90 Å². The van der Waals surface area contributed by atoms with E-state index in [1.807, 2.05) is 12.2 Å². The Balaban J connectivity index is 2.04. The van der Waals surface area contributed by atoms with Crippen molar-refractivity contribution in [3.63, 3.8) is 0 Å². The molecule has 0 aromatic rings. The molecule has 2 heterocycles. The van der Waals surface area contributed by atoms with E-state index in [2.05, 4.69) is 0 Å². The average Bonchev–Trinajstić information content (AvgIpc) is 2.29. The van der Waals surface area contributed by atoms with Crippen LogP contribution in [0.1, 0.15) is 19.3 Å². The first kappa shape index (κ1) is 9.06. The summed E-state index contributed by atoms with van der Waals surface area (Å²) in [6.07, 6.45) is 2.45. The number of nitrogens with zero attached hydrogens (tertiary/aromatic N) is 1. The minimum atomic E-state index is -4.05. The zero-order valence-corrected chi connectivity index (χ0v) is 7.22. The first-order chi connectivity index (χ1) is 6.06. The monoisotopic (exact) mass is 191 g/mol. The van der Waals surface area contributed by atoms with Crippen molar-refractivity contribution in [1.29, 1.82) is 0 Å². The van der Waals surface area contributed by atoms with Crippen LogP contribution in [0, 0.1) is 0 Å². The van der Waals surface area contributed by atoms with E-state index in [9.17, 15) is 13.2 Å². The fourth-order valence-electron chi connectivity index (χ4n) is 2.27. The molecule has 0 aliphatic carbocycles. The number of fused-ring (bicyclic) bond motifs is 2. The molecule has 0 N–H and O–H groups in total. The molecule has 1 fully saturated rings. The van der Waals surface area contributed by atoms with Crippen LogP contribution in [-0.2, 0) is 0 Å². The number of hydrogen-bond donors (Lipinski definition) is 0. The van der Waals surface area contributed by atoms with Crippen molar-refractivity contribution in [3.05, 3.63) is 12.2 Å². The molecule has 13 heavy (non-hydrogen) atoms. The van der Waals surface area contributed by atoms with Crippen LogP contribution in [0.15, 0.2) is 12.2 Å². The van der Waals surface area contributed by atoms with E-state index >= 15 is 0 Å². The molecule has 2 aliphatic rings. The maximum atomic E-state index is 12.1. The van der Waals surface area contributed by atoms with Crippen LogP contribution in [0.2, 0.25) is 0 Å². The predicted octanol–water partition coefficient (Wildman–Crippen LogP) is 2.34. The molecule has 0 aromatic heterocycles. The van der Waals surface area contributed by atoms with Crippen LogP contribution < -0.4 is 0 Å². The minimum absolute atomic E-state index is 0.0420. The second-order valence-corrected chi connectivity index (χ2v) is 3.75. The number of alkyl halides is 3.